The van der Waals surface area contributed by atoms with E-state index in [0.717, 1.165) is 57.7 Å². The molecule has 8 heteroatoms. The summed E-state index contributed by atoms with van der Waals surface area (Å²) in [7, 11) is 1.75. The van der Waals surface area contributed by atoms with Crippen LogP contribution in [0.1, 0.15) is 18.4 Å². The minimum Gasteiger partial charge on any atom is -0.406 e. The highest BCUT2D eigenvalue weighted by Gasteiger charge is 2.46. The zero-order valence-electron chi connectivity index (χ0n) is 14.8. The molecule has 0 saturated carbocycles. The highest BCUT2D eigenvalue weighted by atomic mass is 35.5. The van der Waals surface area contributed by atoms with Crippen LogP contribution in [0.15, 0.2) is 24.3 Å². The average Bonchev–Trinajstić information content (AvgIpc) is 2.86. The number of hydrogen-bond acceptors (Lipinski definition) is 4. The second-order valence-electron chi connectivity index (χ2n) is 7.13. The Kier molecular flexibility index (Phi) is 7.19. The summed E-state index contributed by atoms with van der Waals surface area (Å²) < 4.78 is 46.1. The van der Waals surface area contributed by atoms with E-state index in [1.54, 1.807) is 19.2 Å². The van der Waals surface area contributed by atoms with Crippen molar-refractivity contribution in [2.24, 2.45) is 11.3 Å². The van der Waals surface area contributed by atoms with Crippen LogP contribution >= 0.6 is 12.4 Å². The molecule has 26 heavy (non-hydrogen) atoms. The van der Waals surface area contributed by atoms with Crippen LogP contribution in [0.3, 0.4) is 0 Å². The lowest BCUT2D eigenvalue weighted by Crippen LogP contribution is -2.43. The van der Waals surface area contributed by atoms with Crippen molar-refractivity contribution in [2.45, 2.75) is 25.7 Å². The van der Waals surface area contributed by atoms with E-state index in [4.69, 9.17) is 4.74 Å². The summed E-state index contributed by atoms with van der Waals surface area (Å²) in [4.78, 5) is 2.40. The van der Waals surface area contributed by atoms with Crippen molar-refractivity contribution in [3.8, 4) is 5.75 Å². The van der Waals surface area contributed by atoms with Gasteiger partial charge in [0.15, 0.2) is 0 Å². The van der Waals surface area contributed by atoms with Crippen LogP contribution in [0, 0.1) is 11.3 Å². The van der Waals surface area contributed by atoms with E-state index < -0.39 is 6.36 Å². The van der Waals surface area contributed by atoms with Gasteiger partial charge < -0.3 is 14.8 Å². The molecule has 1 unspecified atom stereocenters. The van der Waals surface area contributed by atoms with Gasteiger partial charge in [-0.05, 0) is 49.0 Å². The van der Waals surface area contributed by atoms with Gasteiger partial charge in [-0.2, -0.15) is 0 Å². The molecule has 3 rings (SSSR count). The monoisotopic (exact) mass is 394 g/mol. The molecule has 1 N–H and O–H groups in total. The standard InChI is InChI=1S/C18H25F3N2O2.ClH/c1-24-12-15-11-23(13-17(15)6-8-22-9-7-17)10-14-2-4-16(5-3-14)25-18(19,20)21;/h2-5,15,22H,6-13H2,1H3;1H. The molecule has 4 nitrogen and oxygen atoms in total. The summed E-state index contributed by atoms with van der Waals surface area (Å²) in [5.41, 5.74) is 1.29. The van der Waals surface area contributed by atoms with Gasteiger partial charge in [-0.25, -0.2) is 0 Å². The molecule has 0 bridgehead atoms. The van der Waals surface area contributed by atoms with Crippen LogP contribution in [0.25, 0.3) is 0 Å². The number of benzene rings is 1. The first-order valence-electron chi connectivity index (χ1n) is 8.67. The number of likely N-dealkylation sites (tertiary alicyclic amines) is 1. The molecule has 0 aliphatic carbocycles. The molecule has 148 valence electrons. The Hall–Kier alpha value is -1.02. The zero-order valence-corrected chi connectivity index (χ0v) is 15.7. The topological polar surface area (TPSA) is 33.7 Å². The maximum atomic E-state index is 12.2. The van der Waals surface area contributed by atoms with Crippen molar-refractivity contribution in [3.63, 3.8) is 0 Å². The van der Waals surface area contributed by atoms with Crippen LogP contribution in [0.5, 0.6) is 5.75 Å². The lowest BCUT2D eigenvalue weighted by Gasteiger charge is -2.38. The summed E-state index contributed by atoms with van der Waals surface area (Å²) in [5, 5.41) is 3.42. The lowest BCUT2D eigenvalue weighted by atomic mass is 9.71. The Morgan fingerprint density at radius 1 is 1.19 bits per heavy atom. The van der Waals surface area contributed by atoms with Crippen molar-refractivity contribution in [1.29, 1.82) is 0 Å². The number of nitrogens with zero attached hydrogens (tertiary/aromatic N) is 1. The van der Waals surface area contributed by atoms with Crippen LogP contribution in [-0.2, 0) is 11.3 Å². The Morgan fingerprint density at radius 2 is 1.85 bits per heavy atom. The van der Waals surface area contributed by atoms with E-state index in [9.17, 15) is 13.2 Å². The van der Waals surface area contributed by atoms with Crippen molar-refractivity contribution in [3.05, 3.63) is 29.8 Å². The van der Waals surface area contributed by atoms with Gasteiger partial charge in [-0.15, -0.1) is 25.6 Å². The molecule has 2 aliphatic heterocycles. The maximum absolute atomic E-state index is 12.2. The molecule has 1 aromatic rings. The quantitative estimate of drug-likeness (QED) is 0.829. The number of rotatable bonds is 5. The van der Waals surface area contributed by atoms with Gasteiger partial charge >= 0.3 is 6.36 Å². The van der Waals surface area contributed by atoms with Crippen molar-refractivity contribution >= 4 is 12.4 Å². The third-order valence-corrected chi connectivity index (χ3v) is 5.41. The first kappa shape index (κ1) is 21.3. The highest BCUT2D eigenvalue weighted by molar-refractivity contribution is 5.85. The van der Waals surface area contributed by atoms with Gasteiger partial charge in [-0.1, -0.05) is 12.1 Å². The molecular formula is C18H26ClF3N2O2. The number of ether oxygens (including phenoxy) is 2. The first-order valence-corrected chi connectivity index (χ1v) is 8.67. The van der Waals surface area contributed by atoms with Gasteiger partial charge in [0.25, 0.3) is 0 Å². The number of alkyl halides is 3. The van der Waals surface area contributed by atoms with Crippen molar-refractivity contribution in [1.82, 2.24) is 10.2 Å². The summed E-state index contributed by atoms with van der Waals surface area (Å²) >= 11 is 0. The minimum absolute atomic E-state index is 0. The normalized spacial score (nSPS) is 23.0. The van der Waals surface area contributed by atoms with Crippen molar-refractivity contribution < 1.29 is 22.6 Å². The molecule has 1 aromatic carbocycles. The molecule has 0 radical (unpaired) electrons. The Labute approximate surface area is 158 Å². The SMILES string of the molecule is COCC1CN(Cc2ccc(OC(F)(F)F)cc2)CC12CCNCC2.Cl. The zero-order chi connectivity index (χ0) is 17.9. The van der Waals surface area contributed by atoms with Crippen LogP contribution in [-0.4, -0.2) is 51.2 Å². The summed E-state index contributed by atoms with van der Waals surface area (Å²) in [5.74, 6) is 0.331. The van der Waals surface area contributed by atoms with Crippen LogP contribution < -0.4 is 10.1 Å². The fraction of sp³-hybridized carbons (Fsp3) is 0.667. The highest BCUT2D eigenvalue weighted by Crippen LogP contribution is 2.43. The van der Waals surface area contributed by atoms with Gasteiger partial charge in [0.1, 0.15) is 5.75 Å². The predicted molar refractivity (Wildman–Crippen MR) is 95.6 cm³/mol. The number of piperidine rings is 1. The Bertz CT molecular complexity index is 563. The minimum atomic E-state index is -4.65. The Balaban J connectivity index is 0.00000243. The maximum Gasteiger partial charge on any atom is 0.573 e. The summed E-state index contributed by atoms with van der Waals surface area (Å²) in [6.45, 7) is 5.56. The summed E-state index contributed by atoms with van der Waals surface area (Å²) in [6, 6.07) is 6.18. The van der Waals surface area contributed by atoms with E-state index in [1.165, 1.54) is 12.1 Å². The van der Waals surface area contributed by atoms with E-state index in [2.05, 4.69) is 15.0 Å². The molecule has 2 fully saturated rings. The molecule has 1 atom stereocenters. The van der Waals surface area contributed by atoms with Crippen LogP contribution in [0.4, 0.5) is 13.2 Å². The number of hydrogen-bond donors (Lipinski definition) is 1. The fourth-order valence-electron chi connectivity index (χ4n) is 4.24. The molecule has 2 saturated heterocycles. The molecule has 1 spiro atoms. The van der Waals surface area contributed by atoms with E-state index >= 15 is 0 Å². The largest absolute Gasteiger partial charge is 0.573 e. The predicted octanol–water partition coefficient (Wildman–Crippen LogP) is 3.46. The first-order chi connectivity index (χ1) is 11.9. The molecule has 2 aliphatic rings. The molecule has 0 aromatic heterocycles. The molecular weight excluding hydrogens is 369 g/mol. The van der Waals surface area contributed by atoms with Gasteiger partial charge in [-0.3, -0.25) is 4.90 Å². The number of halogens is 4. The number of methoxy groups -OCH3 is 1. The van der Waals surface area contributed by atoms with Gasteiger partial charge in [0.05, 0.1) is 6.61 Å². The second kappa shape index (κ2) is 8.78. The number of nitrogens with one attached hydrogen (secondary N) is 1. The average molecular weight is 395 g/mol. The van der Waals surface area contributed by atoms with Gasteiger partial charge in [0, 0.05) is 32.7 Å². The smallest absolute Gasteiger partial charge is 0.406 e. The van der Waals surface area contributed by atoms with E-state index in [1.807, 2.05) is 0 Å². The second-order valence-corrected chi connectivity index (χ2v) is 7.13. The van der Waals surface area contributed by atoms with Crippen molar-refractivity contribution in [2.75, 3.05) is 39.9 Å². The van der Waals surface area contributed by atoms with E-state index in [0.29, 0.717) is 11.3 Å². The fourth-order valence-corrected chi connectivity index (χ4v) is 4.24. The van der Waals surface area contributed by atoms with E-state index in [-0.39, 0.29) is 18.2 Å². The third kappa shape index (κ3) is 5.25. The third-order valence-electron chi connectivity index (χ3n) is 5.41. The summed E-state index contributed by atoms with van der Waals surface area (Å²) in [6.07, 6.45) is -2.35. The van der Waals surface area contributed by atoms with Gasteiger partial charge in [0.2, 0.25) is 0 Å². The Morgan fingerprint density at radius 3 is 2.42 bits per heavy atom. The van der Waals surface area contributed by atoms with Crippen LogP contribution in [0.2, 0.25) is 0 Å². The molecule has 2 heterocycles. The molecule has 0 amide bonds. The lowest BCUT2D eigenvalue weighted by molar-refractivity contribution is -0.274.